The molecule has 0 aliphatic heterocycles. The quantitative estimate of drug-likeness (QED) is 0.477. The zero-order valence-corrected chi connectivity index (χ0v) is 18.6. The standard InChI is InChI=1S/C27H34N2O2/c1-29(18-11-19-30-24-16-9-4-10-17-24)21-25-20-28-27(31-25)26(22-12-5-2-6-13-22)23-14-7-3-8-15-23/h2,4-6,9-10,12-13,16-17,20,23,26H,3,7-8,11,14-15,18-19,21H2,1H3/p+1. The fraction of sp³-hybridized carbons (Fsp3) is 0.444. The van der Waals surface area contributed by atoms with Gasteiger partial charge in [-0.1, -0.05) is 67.8 Å². The number of quaternary nitrogens is 1. The molecule has 0 radical (unpaired) electrons. The molecule has 0 spiro atoms. The molecular weight excluding hydrogens is 384 g/mol. The van der Waals surface area contributed by atoms with E-state index in [0.717, 1.165) is 43.5 Å². The summed E-state index contributed by atoms with van der Waals surface area (Å²) in [4.78, 5) is 6.16. The Hall–Kier alpha value is -2.59. The van der Waals surface area contributed by atoms with Gasteiger partial charge in [-0.3, -0.25) is 0 Å². The lowest BCUT2D eigenvalue weighted by Crippen LogP contribution is -3.07. The molecule has 4 rings (SSSR count). The van der Waals surface area contributed by atoms with Crippen molar-refractivity contribution < 1.29 is 14.1 Å². The van der Waals surface area contributed by atoms with Gasteiger partial charge < -0.3 is 14.1 Å². The van der Waals surface area contributed by atoms with Crippen LogP contribution in [0.5, 0.6) is 5.75 Å². The summed E-state index contributed by atoms with van der Waals surface area (Å²) in [6.07, 6.45) is 9.48. The first-order chi connectivity index (χ1) is 15.3. The van der Waals surface area contributed by atoms with Gasteiger partial charge in [0.25, 0.3) is 0 Å². The summed E-state index contributed by atoms with van der Waals surface area (Å²) in [5.74, 6) is 3.72. The Morgan fingerprint density at radius 1 is 1.00 bits per heavy atom. The molecule has 2 aromatic carbocycles. The van der Waals surface area contributed by atoms with Crippen LogP contribution in [0, 0.1) is 5.92 Å². The molecule has 4 nitrogen and oxygen atoms in total. The van der Waals surface area contributed by atoms with Crippen molar-refractivity contribution >= 4 is 0 Å². The molecular formula is C27H35N2O2+. The van der Waals surface area contributed by atoms with Gasteiger partial charge in [-0.2, -0.15) is 0 Å². The molecule has 1 saturated carbocycles. The fourth-order valence-electron chi connectivity index (χ4n) is 4.76. The Balaban J connectivity index is 1.33. The molecule has 0 saturated heterocycles. The molecule has 1 N–H and O–H groups in total. The number of oxazole rings is 1. The van der Waals surface area contributed by atoms with Gasteiger partial charge in [-0.05, 0) is 36.5 Å². The minimum Gasteiger partial charge on any atom is -0.493 e. The van der Waals surface area contributed by atoms with Crippen molar-refractivity contribution in [1.29, 1.82) is 0 Å². The van der Waals surface area contributed by atoms with Crippen LogP contribution in [-0.2, 0) is 6.54 Å². The van der Waals surface area contributed by atoms with E-state index in [1.54, 1.807) is 0 Å². The van der Waals surface area contributed by atoms with Gasteiger partial charge in [0.2, 0.25) is 5.89 Å². The van der Waals surface area contributed by atoms with E-state index in [4.69, 9.17) is 14.1 Å². The van der Waals surface area contributed by atoms with E-state index in [1.165, 1.54) is 42.6 Å². The lowest BCUT2D eigenvalue weighted by atomic mass is 9.77. The average Bonchev–Trinajstić information content (AvgIpc) is 3.27. The molecule has 1 fully saturated rings. The Morgan fingerprint density at radius 2 is 1.71 bits per heavy atom. The van der Waals surface area contributed by atoms with E-state index < -0.39 is 0 Å². The number of aromatic nitrogens is 1. The summed E-state index contributed by atoms with van der Waals surface area (Å²) in [6, 6.07) is 20.8. The van der Waals surface area contributed by atoms with Crippen LogP contribution in [0.1, 0.15) is 61.7 Å². The van der Waals surface area contributed by atoms with Crippen molar-refractivity contribution in [3.8, 4) is 5.75 Å². The lowest BCUT2D eigenvalue weighted by Gasteiger charge is -2.28. The highest BCUT2D eigenvalue weighted by Crippen LogP contribution is 2.40. The van der Waals surface area contributed by atoms with E-state index >= 15 is 0 Å². The van der Waals surface area contributed by atoms with Gasteiger partial charge in [0.05, 0.1) is 32.3 Å². The topological polar surface area (TPSA) is 39.7 Å². The number of benzene rings is 2. The van der Waals surface area contributed by atoms with Crippen LogP contribution in [0.4, 0.5) is 0 Å². The highest BCUT2D eigenvalue weighted by molar-refractivity contribution is 5.26. The van der Waals surface area contributed by atoms with Gasteiger partial charge in [0, 0.05) is 6.42 Å². The molecule has 1 aliphatic carbocycles. The summed E-state index contributed by atoms with van der Waals surface area (Å²) in [5, 5.41) is 0. The number of para-hydroxylation sites is 1. The minimum absolute atomic E-state index is 0.273. The molecule has 1 aliphatic rings. The van der Waals surface area contributed by atoms with Crippen molar-refractivity contribution in [2.24, 2.45) is 5.92 Å². The first-order valence-electron chi connectivity index (χ1n) is 11.8. The fourth-order valence-corrected chi connectivity index (χ4v) is 4.76. The van der Waals surface area contributed by atoms with Gasteiger partial charge in [0.15, 0.2) is 5.76 Å². The van der Waals surface area contributed by atoms with E-state index in [-0.39, 0.29) is 5.92 Å². The second-order valence-electron chi connectivity index (χ2n) is 8.85. The summed E-state index contributed by atoms with van der Waals surface area (Å²) in [7, 11) is 2.21. The Kier molecular flexibility index (Phi) is 7.78. The van der Waals surface area contributed by atoms with Crippen LogP contribution < -0.4 is 9.64 Å². The van der Waals surface area contributed by atoms with Crippen molar-refractivity contribution in [3.05, 3.63) is 84.1 Å². The predicted octanol–water partition coefficient (Wildman–Crippen LogP) is 4.87. The maximum absolute atomic E-state index is 6.34. The molecule has 0 amide bonds. The van der Waals surface area contributed by atoms with Crippen LogP contribution in [0.2, 0.25) is 0 Å². The van der Waals surface area contributed by atoms with Crippen LogP contribution in [0.25, 0.3) is 0 Å². The van der Waals surface area contributed by atoms with Crippen LogP contribution in [-0.4, -0.2) is 25.2 Å². The zero-order valence-electron chi connectivity index (χ0n) is 18.6. The van der Waals surface area contributed by atoms with E-state index in [9.17, 15) is 0 Å². The summed E-state index contributed by atoms with van der Waals surface area (Å²) in [5.41, 5.74) is 1.33. The van der Waals surface area contributed by atoms with Crippen molar-refractivity contribution in [2.75, 3.05) is 20.2 Å². The van der Waals surface area contributed by atoms with Crippen LogP contribution in [0.3, 0.4) is 0 Å². The summed E-state index contributed by atoms with van der Waals surface area (Å²) < 4.78 is 12.1. The Labute approximate surface area is 186 Å². The lowest BCUT2D eigenvalue weighted by molar-refractivity contribution is -0.895. The number of nitrogens with zero attached hydrogens (tertiary/aromatic N) is 1. The van der Waals surface area contributed by atoms with Crippen molar-refractivity contribution in [2.45, 2.75) is 51.0 Å². The average molecular weight is 420 g/mol. The first-order valence-corrected chi connectivity index (χ1v) is 11.8. The van der Waals surface area contributed by atoms with Gasteiger partial charge in [-0.25, -0.2) is 4.98 Å². The van der Waals surface area contributed by atoms with E-state index in [1.807, 2.05) is 36.5 Å². The number of hydrogen-bond donors (Lipinski definition) is 1. The predicted molar refractivity (Wildman–Crippen MR) is 123 cm³/mol. The van der Waals surface area contributed by atoms with Gasteiger partial charge >= 0.3 is 0 Å². The molecule has 2 atom stereocenters. The van der Waals surface area contributed by atoms with Gasteiger partial charge in [0.1, 0.15) is 12.3 Å². The minimum atomic E-state index is 0.273. The molecule has 2 unspecified atom stereocenters. The van der Waals surface area contributed by atoms with E-state index in [2.05, 4.69) is 37.4 Å². The second-order valence-corrected chi connectivity index (χ2v) is 8.85. The SMILES string of the molecule is C[NH+](CCCOc1ccccc1)Cc1cnc(C(c2ccccc2)C2CCCCC2)o1. The molecule has 3 aromatic rings. The Bertz CT molecular complexity index is 888. The summed E-state index contributed by atoms with van der Waals surface area (Å²) in [6.45, 7) is 2.62. The molecule has 164 valence electrons. The third-order valence-electron chi connectivity index (χ3n) is 6.35. The second kappa shape index (κ2) is 11.1. The Morgan fingerprint density at radius 3 is 2.45 bits per heavy atom. The monoisotopic (exact) mass is 419 g/mol. The highest BCUT2D eigenvalue weighted by atomic mass is 16.5. The number of rotatable bonds is 10. The number of ether oxygens (including phenoxy) is 1. The number of nitrogens with one attached hydrogen (secondary N) is 1. The highest BCUT2D eigenvalue weighted by Gasteiger charge is 2.30. The smallest absolute Gasteiger partial charge is 0.202 e. The molecule has 31 heavy (non-hydrogen) atoms. The maximum Gasteiger partial charge on any atom is 0.202 e. The molecule has 1 aromatic heterocycles. The van der Waals surface area contributed by atoms with Crippen molar-refractivity contribution in [1.82, 2.24) is 4.98 Å². The largest absolute Gasteiger partial charge is 0.493 e. The van der Waals surface area contributed by atoms with Gasteiger partial charge in [-0.15, -0.1) is 0 Å². The van der Waals surface area contributed by atoms with E-state index in [0.29, 0.717) is 5.92 Å². The molecule has 1 heterocycles. The normalized spacial score (nSPS) is 16.7. The molecule has 4 heteroatoms. The third-order valence-corrected chi connectivity index (χ3v) is 6.35. The van der Waals surface area contributed by atoms with Crippen molar-refractivity contribution in [3.63, 3.8) is 0 Å². The number of hydrogen-bond acceptors (Lipinski definition) is 3. The molecule has 0 bridgehead atoms. The first kappa shape index (κ1) is 21.6. The maximum atomic E-state index is 6.34. The van der Waals surface area contributed by atoms with Crippen LogP contribution in [0.15, 0.2) is 71.3 Å². The summed E-state index contributed by atoms with van der Waals surface area (Å²) >= 11 is 0. The third kappa shape index (κ3) is 6.20. The van der Waals surface area contributed by atoms with Crippen LogP contribution >= 0.6 is 0 Å². The zero-order chi connectivity index (χ0) is 21.3.